The predicted molar refractivity (Wildman–Crippen MR) is 71.8 cm³/mol. The molecular weight excluding hydrogens is 266 g/mol. The molecule has 2 aromatic rings. The van der Waals surface area contributed by atoms with Crippen molar-refractivity contribution in [3.8, 4) is 0 Å². The van der Waals surface area contributed by atoms with Crippen molar-refractivity contribution in [2.24, 2.45) is 5.73 Å². The molecule has 0 fully saturated rings. The summed E-state index contributed by atoms with van der Waals surface area (Å²) in [7, 11) is 2.04. The number of halogens is 1. The third kappa shape index (κ3) is 2.33. The summed E-state index contributed by atoms with van der Waals surface area (Å²) in [5.41, 5.74) is 7.71. The standard InChI is InChI=1S/C12H14BrN3/c1-16(5-4-14)11-2-3-12-9(7-11)6-10(13)8-15-12/h2-3,6-8H,4-5,14H2,1H3. The van der Waals surface area contributed by atoms with Crippen molar-refractivity contribution in [1.82, 2.24) is 4.98 Å². The third-order valence-corrected chi connectivity index (χ3v) is 2.97. The van der Waals surface area contributed by atoms with Gasteiger partial charge in [-0.3, -0.25) is 4.98 Å². The monoisotopic (exact) mass is 279 g/mol. The first-order valence-corrected chi connectivity index (χ1v) is 5.96. The summed E-state index contributed by atoms with van der Waals surface area (Å²) in [4.78, 5) is 6.48. The average molecular weight is 280 g/mol. The molecule has 0 atom stereocenters. The van der Waals surface area contributed by atoms with E-state index in [2.05, 4.69) is 44.0 Å². The molecule has 0 saturated carbocycles. The van der Waals surface area contributed by atoms with E-state index in [-0.39, 0.29) is 0 Å². The third-order valence-electron chi connectivity index (χ3n) is 2.54. The van der Waals surface area contributed by atoms with E-state index in [1.807, 2.05) is 19.3 Å². The van der Waals surface area contributed by atoms with Crippen LogP contribution >= 0.6 is 15.9 Å². The molecule has 84 valence electrons. The minimum absolute atomic E-state index is 0.658. The lowest BCUT2D eigenvalue weighted by Gasteiger charge is -2.18. The highest BCUT2D eigenvalue weighted by Gasteiger charge is 2.02. The topological polar surface area (TPSA) is 42.1 Å². The van der Waals surface area contributed by atoms with Crippen LogP contribution in [0.5, 0.6) is 0 Å². The second kappa shape index (κ2) is 4.80. The molecule has 0 amide bonds. The minimum Gasteiger partial charge on any atom is -0.373 e. The Balaban J connectivity index is 2.42. The Hall–Kier alpha value is -1.13. The number of benzene rings is 1. The van der Waals surface area contributed by atoms with Gasteiger partial charge in [0.2, 0.25) is 0 Å². The number of aromatic nitrogens is 1. The molecule has 0 aliphatic heterocycles. The molecule has 1 heterocycles. The van der Waals surface area contributed by atoms with Crippen LogP contribution in [0.1, 0.15) is 0 Å². The maximum absolute atomic E-state index is 5.54. The SMILES string of the molecule is CN(CCN)c1ccc2ncc(Br)cc2c1. The van der Waals surface area contributed by atoms with Crippen molar-refractivity contribution in [3.63, 3.8) is 0 Å². The van der Waals surface area contributed by atoms with Crippen LogP contribution in [0.4, 0.5) is 5.69 Å². The summed E-state index contributed by atoms with van der Waals surface area (Å²) >= 11 is 3.43. The van der Waals surface area contributed by atoms with E-state index in [9.17, 15) is 0 Å². The molecule has 0 spiro atoms. The fourth-order valence-corrected chi connectivity index (χ4v) is 2.00. The fraction of sp³-hybridized carbons (Fsp3) is 0.250. The molecule has 2 N–H and O–H groups in total. The van der Waals surface area contributed by atoms with E-state index < -0.39 is 0 Å². The molecule has 0 aliphatic rings. The summed E-state index contributed by atoms with van der Waals surface area (Å²) in [5, 5.41) is 1.13. The van der Waals surface area contributed by atoms with Crippen LogP contribution in [0, 0.1) is 0 Å². The first-order chi connectivity index (χ1) is 7.70. The maximum atomic E-state index is 5.54. The Bertz CT molecular complexity index is 499. The van der Waals surface area contributed by atoms with Gasteiger partial charge < -0.3 is 10.6 Å². The van der Waals surface area contributed by atoms with E-state index in [4.69, 9.17) is 5.73 Å². The number of hydrogen-bond acceptors (Lipinski definition) is 3. The Labute approximate surface area is 103 Å². The molecule has 0 aliphatic carbocycles. The Kier molecular flexibility index (Phi) is 3.41. The zero-order chi connectivity index (χ0) is 11.5. The van der Waals surface area contributed by atoms with Crippen molar-refractivity contribution >= 4 is 32.5 Å². The quantitative estimate of drug-likeness (QED) is 0.938. The number of hydrogen-bond donors (Lipinski definition) is 1. The Morgan fingerprint density at radius 3 is 2.94 bits per heavy atom. The number of likely N-dealkylation sites (N-methyl/N-ethyl adjacent to an activating group) is 1. The van der Waals surface area contributed by atoms with Crippen LogP contribution in [-0.4, -0.2) is 25.1 Å². The van der Waals surface area contributed by atoms with Gasteiger partial charge in [-0.2, -0.15) is 0 Å². The predicted octanol–water partition coefficient (Wildman–Crippen LogP) is 2.39. The van der Waals surface area contributed by atoms with Gasteiger partial charge in [0.05, 0.1) is 5.52 Å². The molecule has 2 rings (SSSR count). The van der Waals surface area contributed by atoms with Gasteiger partial charge in [-0.05, 0) is 40.2 Å². The molecule has 0 radical (unpaired) electrons. The zero-order valence-corrected chi connectivity index (χ0v) is 10.7. The molecule has 1 aromatic heterocycles. The van der Waals surface area contributed by atoms with E-state index >= 15 is 0 Å². The van der Waals surface area contributed by atoms with Gasteiger partial charge in [0.15, 0.2) is 0 Å². The van der Waals surface area contributed by atoms with Gasteiger partial charge in [0.25, 0.3) is 0 Å². The van der Waals surface area contributed by atoms with E-state index in [0.29, 0.717) is 6.54 Å². The normalized spacial score (nSPS) is 10.7. The summed E-state index contributed by atoms with van der Waals surface area (Å²) < 4.78 is 0.999. The maximum Gasteiger partial charge on any atom is 0.0704 e. The van der Waals surface area contributed by atoms with Crippen LogP contribution < -0.4 is 10.6 Å². The average Bonchev–Trinajstić information content (AvgIpc) is 2.28. The number of pyridine rings is 1. The van der Waals surface area contributed by atoms with Crippen molar-refractivity contribution in [3.05, 3.63) is 34.9 Å². The summed E-state index contributed by atoms with van der Waals surface area (Å²) in [6.07, 6.45) is 1.81. The molecule has 1 aromatic carbocycles. The highest BCUT2D eigenvalue weighted by molar-refractivity contribution is 9.10. The first kappa shape index (κ1) is 11.4. The lowest BCUT2D eigenvalue weighted by molar-refractivity contribution is 0.886. The lowest BCUT2D eigenvalue weighted by atomic mass is 10.2. The van der Waals surface area contributed by atoms with Crippen molar-refractivity contribution in [2.75, 3.05) is 25.0 Å². The number of fused-ring (bicyclic) bond motifs is 1. The van der Waals surface area contributed by atoms with E-state index in [0.717, 1.165) is 27.6 Å². The van der Waals surface area contributed by atoms with E-state index in [1.54, 1.807) is 0 Å². The van der Waals surface area contributed by atoms with Gasteiger partial charge in [0, 0.05) is 41.9 Å². The van der Waals surface area contributed by atoms with Crippen LogP contribution in [0.15, 0.2) is 34.9 Å². The summed E-state index contributed by atoms with van der Waals surface area (Å²) in [6.45, 7) is 1.51. The Morgan fingerprint density at radius 1 is 1.38 bits per heavy atom. The second-order valence-corrected chi connectivity index (χ2v) is 4.66. The van der Waals surface area contributed by atoms with Gasteiger partial charge in [-0.1, -0.05) is 0 Å². The minimum atomic E-state index is 0.658. The molecular formula is C12H14BrN3. The van der Waals surface area contributed by atoms with Crippen LogP contribution in [0.3, 0.4) is 0 Å². The molecule has 4 heteroatoms. The largest absolute Gasteiger partial charge is 0.373 e. The highest BCUT2D eigenvalue weighted by Crippen LogP contribution is 2.22. The van der Waals surface area contributed by atoms with E-state index in [1.165, 1.54) is 0 Å². The fourth-order valence-electron chi connectivity index (χ4n) is 1.65. The van der Waals surface area contributed by atoms with Gasteiger partial charge in [0.1, 0.15) is 0 Å². The summed E-state index contributed by atoms with van der Waals surface area (Å²) in [6, 6.07) is 8.30. The van der Waals surface area contributed by atoms with Gasteiger partial charge >= 0.3 is 0 Å². The van der Waals surface area contributed by atoms with Crippen LogP contribution in [0.2, 0.25) is 0 Å². The number of nitrogens with zero attached hydrogens (tertiary/aromatic N) is 2. The van der Waals surface area contributed by atoms with Gasteiger partial charge in [-0.15, -0.1) is 0 Å². The Morgan fingerprint density at radius 2 is 2.19 bits per heavy atom. The van der Waals surface area contributed by atoms with Gasteiger partial charge in [-0.25, -0.2) is 0 Å². The smallest absolute Gasteiger partial charge is 0.0704 e. The zero-order valence-electron chi connectivity index (χ0n) is 9.15. The van der Waals surface area contributed by atoms with Crippen molar-refractivity contribution < 1.29 is 0 Å². The second-order valence-electron chi connectivity index (χ2n) is 3.74. The molecule has 3 nitrogen and oxygen atoms in total. The lowest BCUT2D eigenvalue weighted by Crippen LogP contribution is -2.24. The molecule has 0 bridgehead atoms. The number of anilines is 1. The highest BCUT2D eigenvalue weighted by atomic mass is 79.9. The van der Waals surface area contributed by atoms with Crippen LogP contribution in [0.25, 0.3) is 10.9 Å². The number of rotatable bonds is 3. The summed E-state index contributed by atoms with van der Waals surface area (Å²) in [5.74, 6) is 0. The molecule has 16 heavy (non-hydrogen) atoms. The number of nitrogens with two attached hydrogens (primary N) is 1. The molecule has 0 saturated heterocycles. The molecule has 0 unspecified atom stereocenters. The van der Waals surface area contributed by atoms with Crippen molar-refractivity contribution in [1.29, 1.82) is 0 Å². The first-order valence-electron chi connectivity index (χ1n) is 5.17. The van der Waals surface area contributed by atoms with Crippen molar-refractivity contribution in [2.45, 2.75) is 0 Å². The van der Waals surface area contributed by atoms with Crippen LogP contribution in [-0.2, 0) is 0 Å².